The monoisotopic (exact) mass is 371 g/mol. The number of hydrogen-bond donors (Lipinski definition) is 1. The zero-order valence-electron chi connectivity index (χ0n) is 13.2. The normalized spacial score (nSPS) is 10.5. The Balaban J connectivity index is 1.71. The Morgan fingerprint density at radius 3 is 2.52 bits per heavy atom. The molecule has 0 aliphatic heterocycles. The number of carbonyl (C=O) groups excluding carboxylic acids is 1. The topological polar surface area (TPSA) is 54.9 Å². The fourth-order valence-corrected chi connectivity index (χ4v) is 2.86. The first-order chi connectivity index (χ1) is 12.1. The minimum absolute atomic E-state index is 0.269. The van der Waals surface area contributed by atoms with Crippen LogP contribution in [0.5, 0.6) is 0 Å². The number of aromatic nitrogens is 2. The first kappa shape index (κ1) is 17.4. The van der Waals surface area contributed by atoms with Gasteiger partial charge in [0.25, 0.3) is 5.91 Å². The number of aryl methyl sites for hydroxylation is 2. The Hall–Kier alpha value is -2.43. The molecule has 0 bridgehead atoms. The average Bonchev–Trinajstić information content (AvgIpc) is 2.64. The van der Waals surface area contributed by atoms with E-state index in [1.54, 1.807) is 12.3 Å². The summed E-state index contributed by atoms with van der Waals surface area (Å²) in [6, 6.07) is 13.3. The summed E-state index contributed by atoms with van der Waals surface area (Å²) in [5.41, 5.74) is 2.99. The zero-order valence-corrected chi connectivity index (χ0v) is 14.8. The van der Waals surface area contributed by atoms with Crippen LogP contribution in [-0.2, 0) is 12.8 Å². The lowest BCUT2D eigenvalue weighted by molar-refractivity contribution is 0.102. The maximum atomic E-state index is 12.5. The van der Waals surface area contributed by atoms with Crippen molar-refractivity contribution in [2.45, 2.75) is 12.8 Å². The van der Waals surface area contributed by atoms with E-state index in [-0.39, 0.29) is 5.91 Å². The lowest BCUT2D eigenvalue weighted by Gasteiger charge is -2.09. The van der Waals surface area contributed by atoms with Crippen LogP contribution in [0.15, 0.2) is 61.1 Å². The molecule has 1 N–H and O–H groups in total. The minimum atomic E-state index is -0.269. The van der Waals surface area contributed by atoms with Crippen LogP contribution in [-0.4, -0.2) is 15.9 Å². The summed E-state index contributed by atoms with van der Waals surface area (Å²) in [7, 11) is 0. The van der Waals surface area contributed by atoms with Crippen LogP contribution in [0, 0.1) is 0 Å². The van der Waals surface area contributed by atoms with E-state index in [9.17, 15) is 4.79 Å². The smallest absolute Gasteiger partial charge is 0.255 e. The van der Waals surface area contributed by atoms with Crippen LogP contribution in [0.25, 0.3) is 0 Å². The molecule has 0 fully saturated rings. The average molecular weight is 372 g/mol. The first-order valence-corrected chi connectivity index (χ1v) is 8.48. The summed E-state index contributed by atoms with van der Waals surface area (Å²) >= 11 is 12.1. The van der Waals surface area contributed by atoms with Crippen LogP contribution in [0.3, 0.4) is 0 Å². The largest absolute Gasteiger partial charge is 0.319 e. The van der Waals surface area contributed by atoms with Crippen molar-refractivity contribution in [2.24, 2.45) is 0 Å². The number of rotatable bonds is 5. The van der Waals surface area contributed by atoms with Crippen LogP contribution >= 0.6 is 23.2 Å². The van der Waals surface area contributed by atoms with Gasteiger partial charge in [0.05, 0.1) is 15.7 Å². The van der Waals surface area contributed by atoms with E-state index >= 15 is 0 Å². The molecular weight excluding hydrogens is 357 g/mol. The lowest BCUT2D eigenvalue weighted by Crippen LogP contribution is -2.13. The highest BCUT2D eigenvalue weighted by molar-refractivity contribution is 6.39. The highest BCUT2D eigenvalue weighted by atomic mass is 35.5. The predicted octanol–water partition coefficient (Wildman–Crippen LogP) is 4.82. The lowest BCUT2D eigenvalue weighted by atomic mass is 10.0. The molecule has 1 amide bonds. The molecule has 0 saturated carbocycles. The fourth-order valence-electron chi connectivity index (χ4n) is 2.40. The molecule has 1 aromatic carbocycles. The quantitative estimate of drug-likeness (QED) is 0.699. The molecule has 0 saturated heterocycles. The van der Waals surface area contributed by atoms with E-state index in [1.807, 2.05) is 36.4 Å². The SMILES string of the molecule is O=C(Nc1c(Cl)cncc1Cl)c1cccc(CCc2ccccn2)c1. The van der Waals surface area contributed by atoms with Gasteiger partial charge in [-0.05, 0) is 42.7 Å². The minimum Gasteiger partial charge on any atom is -0.319 e. The molecule has 3 aromatic rings. The Labute approximate surface area is 155 Å². The fraction of sp³-hybridized carbons (Fsp3) is 0.105. The highest BCUT2D eigenvalue weighted by Crippen LogP contribution is 2.29. The Kier molecular flexibility index (Phi) is 5.64. The molecule has 0 unspecified atom stereocenters. The van der Waals surface area contributed by atoms with Gasteiger partial charge in [0.15, 0.2) is 0 Å². The van der Waals surface area contributed by atoms with Gasteiger partial charge in [-0.3, -0.25) is 14.8 Å². The van der Waals surface area contributed by atoms with Crippen molar-refractivity contribution < 1.29 is 4.79 Å². The Bertz CT molecular complexity index is 865. The van der Waals surface area contributed by atoms with Crippen LogP contribution in [0.2, 0.25) is 10.0 Å². The van der Waals surface area contributed by atoms with Gasteiger partial charge in [0, 0.05) is 29.8 Å². The Morgan fingerprint density at radius 2 is 1.80 bits per heavy atom. The number of benzene rings is 1. The second-order valence-electron chi connectivity index (χ2n) is 5.45. The molecule has 0 aliphatic carbocycles. The van der Waals surface area contributed by atoms with Gasteiger partial charge < -0.3 is 5.32 Å². The van der Waals surface area contributed by atoms with Crippen LogP contribution in [0.4, 0.5) is 5.69 Å². The van der Waals surface area contributed by atoms with Gasteiger partial charge >= 0.3 is 0 Å². The molecule has 0 radical (unpaired) electrons. The van der Waals surface area contributed by atoms with Crippen LogP contribution in [0.1, 0.15) is 21.6 Å². The zero-order chi connectivity index (χ0) is 17.6. The van der Waals surface area contributed by atoms with E-state index in [2.05, 4.69) is 15.3 Å². The molecule has 4 nitrogen and oxygen atoms in total. The molecule has 2 aromatic heterocycles. The van der Waals surface area contributed by atoms with Crippen molar-refractivity contribution in [3.63, 3.8) is 0 Å². The number of nitrogens with zero attached hydrogens (tertiary/aromatic N) is 2. The second kappa shape index (κ2) is 8.10. The maximum Gasteiger partial charge on any atom is 0.255 e. The van der Waals surface area contributed by atoms with E-state index in [1.165, 1.54) is 12.4 Å². The first-order valence-electron chi connectivity index (χ1n) is 7.72. The van der Waals surface area contributed by atoms with Gasteiger partial charge in [-0.2, -0.15) is 0 Å². The van der Waals surface area contributed by atoms with Gasteiger partial charge in [0.1, 0.15) is 0 Å². The van der Waals surface area contributed by atoms with Gasteiger partial charge in [-0.1, -0.05) is 41.4 Å². The van der Waals surface area contributed by atoms with Crippen molar-refractivity contribution in [3.05, 3.63) is 87.9 Å². The number of carbonyl (C=O) groups is 1. The van der Waals surface area contributed by atoms with Gasteiger partial charge in [0.2, 0.25) is 0 Å². The summed E-state index contributed by atoms with van der Waals surface area (Å²) in [6.45, 7) is 0. The van der Waals surface area contributed by atoms with Crippen LogP contribution < -0.4 is 5.32 Å². The molecule has 25 heavy (non-hydrogen) atoms. The van der Waals surface area contributed by atoms with Crippen molar-refractivity contribution in [1.29, 1.82) is 0 Å². The Morgan fingerprint density at radius 1 is 1.00 bits per heavy atom. The summed E-state index contributed by atoms with van der Waals surface area (Å²) < 4.78 is 0. The standard InChI is InChI=1S/C19H15Cl2N3O/c20-16-11-22-12-17(21)18(16)24-19(25)14-5-3-4-13(10-14)7-8-15-6-1-2-9-23-15/h1-6,9-12H,7-8H2,(H,22,24,25). The number of hydrogen-bond acceptors (Lipinski definition) is 3. The molecule has 0 atom stereocenters. The van der Waals surface area contributed by atoms with E-state index in [0.29, 0.717) is 21.3 Å². The molecule has 126 valence electrons. The van der Waals surface area contributed by atoms with Crippen molar-refractivity contribution in [3.8, 4) is 0 Å². The van der Waals surface area contributed by atoms with Gasteiger partial charge in [-0.15, -0.1) is 0 Å². The molecule has 0 aliphatic rings. The summed E-state index contributed by atoms with van der Waals surface area (Å²) in [5, 5.41) is 3.34. The molecule has 3 rings (SSSR count). The molecule has 6 heteroatoms. The highest BCUT2D eigenvalue weighted by Gasteiger charge is 2.12. The molecular formula is C19H15Cl2N3O. The maximum absolute atomic E-state index is 12.5. The van der Waals surface area contributed by atoms with Crippen molar-refractivity contribution >= 4 is 34.8 Å². The number of pyridine rings is 2. The van der Waals surface area contributed by atoms with Crippen molar-refractivity contribution in [1.82, 2.24) is 9.97 Å². The number of amides is 1. The third kappa shape index (κ3) is 4.56. The number of anilines is 1. The third-order valence-corrected chi connectivity index (χ3v) is 4.25. The van der Waals surface area contributed by atoms with E-state index < -0.39 is 0 Å². The third-order valence-electron chi connectivity index (χ3n) is 3.68. The van der Waals surface area contributed by atoms with E-state index in [0.717, 1.165) is 24.1 Å². The molecule has 2 heterocycles. The summed E-state index contributed by atoms with van der Waals surface area (Å²) in [5.74, 6) is -0.269. The van der Waals surface area contributed by atoms with Gasteiger partial charge in [-0.25, -0.2) is 0 Å². The predicted molar refractivity (Wildman–Crippen MR) is 100 cm³/mol. The second-order valence-corrected chi connectivity index (χ2v) is 6.27. The summed E-state index contributed by atoms with van der Waals surface area (Å²) in [4.78, 5) is 20.7. The van der Waals surface area contributed by atoms with Crippen molar-refractivity contribution in [2.75, 3.05) is 5.32 Å². The summed E-state index contributed by atoms with van der Waals surface area (Å²) in [6.07, 6.45) is 6.27. The number of nitrogens with one attached hydrogen (secondary N) is 1. The molecule has 0 spiro atoms. The van der Waals surface area contributed by atoms with E-state index in [4.69, 9.17) is 23.2 Å². The number of halogens is 2.